The van der Waals surface area contributed by atoms with Crippen LogP contribution in [0.2, 0.25) is 0 Å². The Kier molecular flexibility index (Phi) is 3.70. The molecule has 0 radical (unpaired) electrons. The standard InChI is InChI=1S/C17H15N3O2/c1-11-7-9-13(10-8-11)16-19-17(22-20-16)14-5-3-4-6-15(14)18-12(2)21/h3-10H,1-2H3,(H,18,21). The van der Waals surface area contributed by atoms with Crippen LogP contribution in [0.1, 0.15) is 12.5 Å². The number of hydrogen-bond acceptors (Lipinski definition) is 4. The fraction of sp³-hybridized carbons (Fsp3) is 0.118. The molecule has 0 aliphatic heterocycles. The van der Waals surface area contributed by atoms with E-state index in [1.807, 2.05) is 49.4 Å². The third-order valence-corrected chi connectivity index (χ3v) is 3.20. The van der Waals surface area contributed by atoms with Crippen LogP contribution in [0.15, 0.2) is 53.1 Å². The number of nitrogens with zero attached hydrogens (tertiary/aromatic N) is 2. The summed E-state index contributed by atoms with van der Waals surface area (Å²) in [5.74, 6) is 0.748. The number of rotatable bonds is 3. The second-order valence-electron chi connectivity index (χ2n) is 5.02. The molecule has 1 heterocycles. The van der Waals surface area contributed by atoms with E-state index in [0.717, 1.165) is 5.56 Å². The van der Waals surface area contributed by atoms with Crippen molar-refractivity contribution in [1.82, 2.24) is 10.1 Å². The molecule has 1 N–H and O–H groups in total. The van der Waals surface area contributed by atoms with Crippen molar-refractivity contribution >= 4 is 11.6 Å². The highest BCUT2D eigenvalue weighted by molar-refractivity contribution is 5.93. The Morgan fingerprint density at radius 2 is 1.82 bits per heavy atom. The van der Waals surface area contributed by atoms with Gasteiger partial charge in [0, 0.05) is 12.5 Å². The number of anilines is 1. The van der Waals surface area contributed by atoms with Crippen molar-refractivity contribution in [3.63, 3.8) is 0 Å². The van der Waals surface area contributed by atoms with Crippen LogP contribution in [0, 0.1) is 6.92 Å². The van der Waals surface area contributed by atoms with Crippen LogP contribution in [0.25, 0.3) is 22.8 Å². The molecule has 0 spiro atoms. The summed E-state index contributed by atoms with van der Waals surface area (Å²) in [4.78, 5) is 15.7. The van der Waals surface area contributed by atoms with Crippen LogP contribution >= 0.6 is 0 Å². The van der Waals surface area contributed by atoms with Gasteiger partial charge in [-0.1, -0.05) is 47.1 Å². The molecule has 5 heteroatoms. The molecular formula is C17H15N3O2. The maximum absolute atomic E-state index is 11.3. The minimum absolute atomic E-state index is 0.147. The molecule has 2 aromatic carbocycles. The van der Waals surface area contributed by atoms with Crippen molar-refractivity contribution in [3.8, 4) is 22.8 Å². The van der Waals surface area contributed by atoms with Crippen LogP contribution in [0.4, 0.5) is 5.69 Å². The molecule has 3 rings (SSSR count). The van der Waals surface area contributed by atoms with E-state index in [9.17, 15) is 4.79 Å². The first-order valence-electron chi connectivity index (χ1n) is 6.91. The highest BCUT2D eigenvalue weighted by Crippen LogP contribution is 2.28. The lowest BCUT2D eigenvalue weighted by Gasteiger charge is -2.05. The molecule has 0 saturated carbocycles. The summed E-state index contributed by atoms with van der Waals surface area (Å²) in [6.07, 6.45) is 0. The van der Waals surface area contributed by atoms with Crippen LogP contribution in [0.5, 0.6) is 0 Å². The monoisotopic (exact) mass is 293 g/mol. The van der Waals surface area contributed by atoms with Gasteiger partial charge in [-0.3, -0.25) is 4.79 Å². The molecule has 0 saturated heterocycles. The summed E-state index contributed by atoms with van der Waals surface area (Å²) in [5.41, 5.74) is 3.40. The lowest BCUT2D eigenvalue weighted by molar-refractivity contribution is -0.114. The molecule has 5 nitrogen and oxygen atoms in total. The molecule has 0 bridgehead atoms. The van der Waals surface area contributed by atoms with Gasteiger partial charge in [0.1, 0.15) is 0 Å². The van der Waals surface area contributed by atoms with Gasteiger partial charge in [-0.25, -0.2) is 0 Å². The largest absolute Gasteiger partial charge is 0.334 e. The minimum Gasteiger partial charge on any atom is -0.334 e. The van der Waals surface area contributed by atoms with Crippen molar-refractivity contribution in [2.24, 2.45) is 0 Å². The molecule has 0 fully saturated rings. The van der Waals surface area contributed by atoms with Crippen molar-refractivity contribution in [2.75, 3.05) is 5.32 Å². The Morgan fingerprint density at radius 1 is 1.09 bits per heavy atom. The van der Waals surface area contributed by atoms with Gasteiger partial charge < -0.3 is 9.84 Å². The predicted molar refractivity (Wildman–Crippen MR) is 84.2 cm³/mol. The first-order valence-corrected chi connectivity index (χ1v) is 6.91. The smallest absolute Gasteiger partial charge is 0.260 e. The first-order chi connectivity index (χ1) is 10.6. The first kappa shape index (κ1) is 14.0. The molecule has 0 unspecified atom stereocenters. The summed E-state index contributed by atoms with van der Waals surface area (Å²) in [7, 11) is 0. The molecule has 3 aromatic rings. The van der Waals surface area contributed by atoms with Crippen molar-refractivity contribution in [1.29, 1.82) is 0 Å². The van der Waals surface area contributed by atoms with Gasteiger partial charge in [-0.15, -0.1) is 0 Å². The molecule has 110 valence electrons. The number of hydrogen-bond donors (Lipinski definition) is 1. The number of para-hydroxylation sites is 1. The molecule has 1 aromatic heterocycles. The fourth-order valence-corrected chi connectivity index (χ4v) is 2.12. The van der Waals surface area contributed by atoms with E-state index < -0.39 is 0 Å². The second-order valence-corrected chi connectivity index (χ2v) is 5.02. The van der Waals surface area contributed by atoms with E-state index >= 15 is 0 Å². The molecular weight excluding hydrogens is 278 g/mol. The highest BCUT2D eigenvalue weighted by atomic mass is 16.5. The zero-order valence-electron chi connectivity index (χ0n) is 12.3. The van der Waals surface area contributed by atoms with Crippen molar-refractivity contribution in [2.45, 2.75) is 13.8 Å². The number of carbonyl (C=O) groups is 1. The van der Waals surface area contributed by atoms with Gasteiger partial charge in [-0.2, -0.15) is 4.98 Å². The number of carbonyl (C=O) groups excluding carboxylic acids is 1. The zero-order chi connectivity index (χ0) is 15.5. The van der Waals surface area contributed by atoms with E-state index in [1.165, 1.54) is 12.5 Å². The maximum Gasteiger partial charge on any atom is 0.260 e. The summed E-state index contributed by atoms with van der Waals surface area (Å²) in [6.45, 7) is 3.48. The minimum atomic E-state index is -0.147. The molecule has 0 atom stereocenters. The van der Waals surface area contributed by atoms with E-state index in [-0.39, 0.29) is 5.91 Å². The molecule has 0 aliphatic carbocycles. The Balaban J connectivity index is 1.97. The summed E-state index contributed by atoms with van der Waals surface area (Å²) < 4.78 is 5.35. The average Bonchev–Trinajstić information content (AvgIpc) is 2.97. The Labute approximate surface area is 128 Å². The SMILES string of the molecule is CC(=O)Nc1ccccc1-c1nc(-c2ccc(C)cc2)no1. The van der Waals surface area contributed by atoms with Crippen LogP contribution in [0.3, 0.4) is 0 Å². The van der Waals surface area contributed by atoms with Crippen LogP contribution < -0.4 is 5.32 Å². The van der Waals surface area contributed by atoms with E-state index in [0.29, 0.717) is 23.0 Å². The van der Waals surface area contributed by atoms with Gasteiger partial charge in [0.2, 0.25) is 11.7 Å². The predicted octanol–water partition coefficient (Wildman–Crippen LogP) is 3.67. The summed E-state index contributed by atoms with van der Waals surface area (Å²) in [5, 5.41) is 6.78. The lowest BCUT2D eigenvalue weighted by Crippen LogP contribution is -2.06. The Bertz CT molecular complexity index is 807. The van der Waals surface area contributed by atoms with Gasteiger partial charge in [0.15, 0.2) is 0 Å². The number of aryl methyl sites for hydroxylation is 1. The number of amides is 1. The number of benzene rings is 2. The lowest BCUT2D eigenvalue weighted by atomic mass is 10.1. The Hall–Kier alpha value is -2.95. The molecule has 1 amide bonds. The van der Waals surface area contributed by atoms with Gasteiger partial charge in [0.05, 0.1) is 11.3 Å². The van der Waals surface area contributed by atoms with E-state index in [4.69, 9.17) is 4.52 Å². The van der Waals surface area contributed by atoms with Crippen LogP contribution in [-0.4, -0.2) is 16.0 Å². The summed E-state index contributed by atoms with van der Waals surface area (Å²) >= 11 is 0. The van der Waals surface area contributed by atoms with Gasteiger partial charge >= 0.3 is 0 Å². The zero-order valence-corrected chi connectivity index (χ0v) is 12.3. The maximum atomic E-state index is 11.3. The number of nitrogens with one attached hydrogen (secondary N) is 1. The molecule has 22 heavy (non-hydrogen) atoms. The molecule has 0 aliphatic rings. The van der Waals surface area contributed by atoms with Gasteiger partial charge in [-0.05, 0) is 19.1 Å². The van der Waals surface area contributed by atoms with E-state index in [2.05, 4.69) is 15.5 Å². The number of aromatic nitrogens is 2. The van der Waals surface area contributed by atoms with Crippen molar-refractivity contribution < 1.29 is 9.32 Å². The second kappa shape index (κ2) is 5.81. The summed E-state index contributed by atoms with van der Waals surface area (Å²) in [6, 6.07) is 15.2. The quantitative estimate of drug-likeness (QED) is 0.800. The fourth-order valence-electron chi connectivity index (χ4n) is 2.12. The Morgan fingerprint density at radius 3 is 2.55 bits per heavy atom. The third-order valence-electron chi connectivity index (χ3n) is 3.20. The topological polar surface area (TPSA) is 68.0 Å². The third kappa shape index (κ3) is 2.88. The van der Waals surface area contributed by atoms with Crippen LogP contribution in [-0.2, 0) is 4.79 Å². The van der Waals surface area contributed by atoms with Gasteiger partial charge in [0.25, 0.3) is 5.89 Å². The van der Waals surface area contributed by atoms with E-state index in [1.54, 1.807) is 6.07 Å². The average molecular weight is 293 g/mol. The highest BCUT2D eigenvalue weighted by Gasteiger charge is 2.14. The normalized spacial score (nSPS) is 10.5. The van der Waals surface area contributed by atoms with Crippen molar-refractivity contribution in [3.05, 3.63) is 54.1 Å².